The van der Waals surface area contributed by atoms with E-state index in [9.17, 15) is 0 Å². The van der Waals surface area contributed by atoms with Gasteiger partial charge >= 0.3 is 0 Å². The largest absolute Gasteiger partial charge is 0.367 e. The molecule has 2 aromatic rings. The maximum Gasteiger partial charge on any atom is 0.154 e. The van der Waals surface area contributed by atoms with Crippen LogP contribution in [0.25, 0.3) is 11.0 Å². The van der Waals surface area contributed by atoms with Gasteiger partial charge in [0.2, 0.25) is 0 Å². The van der Waals surface area contributed by atoms with Crippen LogP contribution in [0.15, 0.2) is 18.6 Å². The minimum absolute atomic E-state index is 0.616. The summed E-state index contributed by atoms with van der Waals surface area (Å²) in [4.78, 5) is 11.2. The van der Waals surface area contributed by atoms with Crippen LogP contribution in [0.4, 0.5) is 5.82 Å². The predicted molar refractivity (Wildman–Crippen MR) is 72.7 cm³/mol. The normalized spacial score (nSPS) is 20.7. The Labute approximate surface area is 107 Å². The summed E-state index contributed by atoms with van der Waals surface area (Å²) in [5.74, 6) is 0.897. The second-order valence-corrected chi connectivity index (χ2v) is 5.04. The molecule has 1 aliphatic heterocycles. The second kappa shape index (κ2) is 4.57. The molecule has 96 valence electrons. The van der Waals surface area contributed by atoms with Gasteiger partial charge in [0.25, 0.3) is 0 Å². The highest BCUT2D eigenvalue weighted by molar-refractivity contribution is 5.85. The molecule has 1 atom stereocenters. The summed E-state index contributed by atoms with van der Waals surface area (Å²) in [6.45, 7) is 2.15. The number of likely N-dealkylation sites (tertiary alicyclic amines) is 1. The van der Waals surface area contributed by atoms with Crippen LogP contribution in [-0.4, -0.2) is 45.6 Å². The first-order chi connectivity index (χ1) is 8.75. The van der Waals surface area contributed by atoms with Gasteiger partial charge in [0.05, 0.1) is 11.8 Å². The van der Waals surface area contributed by atoms with E-state index in [1.54, 1.807) is 0 Å². The first-order valence-electron chi connectivity index (χ1n) is 6.46. The number of imidazole rings is 1. The number of hydrogen-bond acceptors (Lipinski definition) is 4. The third-order valence-corrected chi connectivity index (χ3v) is 3.82. The van der Waals surface area contributed by atoms with Crippen LogP contribution in [0.2, 0.25) is 0 Å². The zero-order valence-electron chi connectivity index (χ0n) is 10.9. The number of hydrogen-bond donors (Lipinski definition) is 1. The van der Waals surface area contributed by atoms with Gasteiger partial charge in [-0.2, -0.15) is 0 Å². The van der Waals surface area contributed by atoms with Crippen molar-refractivity contribution in [2.24, 2.45) is 7.05 Å². The highest BCUT2D eigenvalue weighted by Gasteiger charge is 2.20. The molecule has 18 heavy (non-hydrogen) atoms. The summed E-state index contributed by atoms with van der Waals surface area (Å²) in [6.07, 6.45) is 6.23. The third kappa shape index (κ3) is 1.95. The minimum atomic E-state index is 0.616. The lowest BCUT2D eigenvalue weighted by Crippen LogP contribution is -2.31. The van der Waals surface area contributed by atoms with Crippen molar-refractivity contribution in [1.82, 2.24) is 19.4 Å². The molecule has 1 saturated heterocycles. The number of pyridine rings is 1. The van der Waals surface area contributed by atoms with E-state index in [-0.39, 0.29) is 0 Å². The van der Waals surface area contributed by atoms with E-state index in [1.807, 2.05) is 30.2 Å². The molecule has 0 aromatic carbocycles. The first-order valence-corrected chi connectivity index (χ1v) is 6.46. The Balaban J connectivity index is 1.78. The van der Waals surface area contributed by atoms with E-state index in [2.05, 4.69) is 27.2 Å². The Kier molecular flexibility index (Phi) is 2.91. The lowest BCUT2D eigenvalue weighted by Gasteiger charge is -2.19. The second-order valence-electron chi connectivity index (χ2n) is 5.04. The molecule has 5 nitrogen and oxygen atoms in total. The van der Waals surface area contributed by atoms with Crippen molar-refractivity contribution in [3.8, 4) is 0 Å². The van der Waals surface area contributed by atoms with Gasteiger partial charge in [-0.05, 0) is 32.5 Å². The summed E-state index contributed by atoms with van der Waals surface area (Å²) in [5, 5.41) is 3.44. The number of rotatable bonds is 3. The molecule has 0 spiro atoms. The van der Waals surface area contributed by atoms with Crippen molar-refractivity contribution < 1.29 is 0 Å². The number of likely N-dealkylation sites (N-methyl/N-ethyl adjacent to an activating group) is 1. The fourth-order valence-corrected chi connectivity index (χ4v) is 2.64. The Morgan fingerprint density at radius 2 is 2.28 bits per heavy atom. The van der Waals surface area contributed by atoms with Crippen LogP contribution in [0.1, 0.15) is 12.8 Å². The summed E-state index contributed by atoms with van der Waals surface area (Å²) in [6, 6.07) is 2.61. The van der Waals surface area contributed by atoms with Crippen molar-refractivity contribution in [2.75, 3.05) is 25.5 Å². The quantitative estimate of drug-likeness (QED) is 0.889. The molecular formula is C13H19N5. The lowest BCUT2D eigenvalue weighted by atomic mass is 10.2. The fourth-order valence-electron chi connectivity index (χ4n) is 2.64. The molecule has 1 fully saturated rings. The Morgan fingerprint density at radius 1 is 1.39 bits per heavy atom. The summed E-state index contributed by atoms with van der Waals surface area (Å²) in [7, 11) is 4.19. The zero-order valence-corrected chi connectivity index (χ0v) is 10.9. The van der Waals surface area contributed by atoms with Crippen LogP contribution in [-0.2, 0) is 7.05 Å². The molecule has 0 radical (unpaired) electrons. The molecule has 5 heteroatoms. The van der Waals surface area contributed by atoms with Gasteiger partial charge < -0.3 is 14.8 Å². The van der Waals surface area contributed by atoms with Gasteiger partial charge in [-0.1, -0.05) is 0 Å². The van der Waals surface area contributed by atoms with Gasteiger partial charge in [0, 0.05) is 25.8 Å². The summed E-state index contributed by atoms with van der Waals surface area (Å²) >= 11 is 0. The van der Waals surface area contributed by atoms with Gasteiger partial charge in [-0.15, -0.1) is 0 Å². The standard InChI is InChI=1S/C13H19N5/c1-17-7-3-4-10(17)8-15-13-12-11(5-6-14-13)18(2)9-16-12/h5-6,9-10H,3-4,7-8H2,1-2H3,(H,14,15). The highest BCUT2D eigenvalue weighted by Crippen LogP contribution is 2.20. The monoisotopic (exact) mass is 245 g/mol. The van der Waals surface area contributed by atoms with E-state index < -0.39 is 0 Å². The average molecular weight is 245 g/mol. The van der Waals surface area contributed by atoms with E-state index in [0.717, 1.165) is 23.4 Å². The van der Waals surface area contributed by atoms with Crippen molar-refractivity contribution >= 4 is 16.9 Å². The minimum Gasteiger partial charge on any atom is -0.367 e. The molecule has 1 aliphatic rings. The highest BCUT2D eigenvalue weighted by atomic mass is 15.2. The van der Waals surface area contributed by atoms with E-state index in [0.29, 0.717) is 6.04 Å². The Bertz CT molecular complexity index is 547. The number of nitrogens with zero attached hydrogens (tertiary/aromatic N) is 4. The van der Waals surface area contributed by atoms with Crippen molar-refractivity contribution in [1.29, 1.82) is 0 Å². The number of fused-ring (bicyclic) bond motifs is 1. The molecule has 0 amide bonds. The molecule has 1 unspecified atom stereocenters. The maximum atomic E-state index is 4.41. The van der Waals surface area contributed by atoms with Gasteiger partial charge in [0.15, 0.2) is 5.82 Å². The van der Waals surface area contributed by atoms with E-state index in [1.165, 1.54) is 19.4 Å². The zero-order chi connectivity index (χ0) is 12.5. The van der Waals surface area contributed by atoms with Gasteiger partial charge in [-0.25, -0.2) is 9.97 Å². The molecule has 0 aliphatic carbocycles. The molecule has 0 bridgehead atoms. The van der Waals surface area contributed by atoms with Crippen molar-refractivity contribution in [2.45, 2.75) is 18.9 Å². The summed E-state index contributed by atoms with van der Waals surface area (Å²) < 4.78 is 2.02. The first kappa shape index (κ1) is 11.5. The maximum absolute atomic E-state index is 4.41. The molecule has 3 heterocycles. The van der Waals surface area contributed by atoms with Gasteiger partial charge in [0.1, 0.15) is 5.52 Å². The molecular weight excluding hydrogens is 226 g/mol. The average Bonchev–Trinajstić information content (AvgIpc) is 2.95. The molecule has 3 rings (SSSR count). The van der Waals surface area contributed by atoms with E-state index in [4.69, 9.17) is 0 Å². The summed E-state index contributed by atoms with van der Waals surface area (Å²) in [5.41, 5.74) is 2.08. The van der Waals surface area contributed by atoms with Crippen LogP contribution in [0.5, 0.6) is 0 Å². The Morgan fingerprint density at radius 3 is 3.06 bits per heavy atom. The van der Waals surface area contributed by atoms with E-state index >= 15 is 0 Å². The van der Waals surface area contributed by atoms with Crippen molar-refractivity contribution in [3.05, 3.63) is 18.6 Å². The SMILES string of the molecule is CN1CCCC1CNc1nccc2c1ncn2C. The Hall–Kier alpha value is -1.62. The van der Waals surface area contributed by atoms with Gasteiger partial charge in [-0.3, -0.25) is 0 Å². The molecule has 0 saturated carbocycles. The van der Waals surface area contributed by atoms with Crippen LogP contribution >= 0.6 is 0 Å². The molecule has 2 aromatic heterocycles. The lowest BCUT2D eigenvalue weighted by molar-refractivity contribution is 0.322. The smallest absolute Gasteiger partial charge is 0.154 e. The van der Waals surface area contributed by atoms with Crippen LogP contribution < -0.4 is 5.32 Å². The van der Waals surface area contributed by atoms with Crippen LogP contribution in [0, 0.1) is 0 Å². The number of anilines is 1. The predicted octanol–water partition coefficient (Wildman–Crippen LogP) is 1.47. The number of aromatic nitrogens is 3. The van der Waals surface area contributed by atoms with Crippen molar-refractivity contribution in [3.63, 3.8) is 0 Å². The number of aryl methyl sites for hydroxylation is 1. The van der Waals surface area contributed by atoms with Crippen LogP contribution in [0.3, 0.4) is 0 Å². The third-order valence-electron chi connectivity index (χ3n) is 3.82. The topological polar surface area (TPSA) is 46.0 Å². The molecule has 1 N–H and O–H groups in total. The number of nitrogens with one attached hydrogen (secondary N) is 1. The fraction of sp³-hybridized carbons (Fsp3) is 0.538.